The van der Waals surface area contributed by atoms with Gasteiger partial charge in [0.2, 0.25) is 0 Å². The van der Waals surface area contributed by atoms with Gasteiger partial charge in [0, 0.05) is 6.42 Å². The maximum Gasteiger partial charge on any atom is 0.157 e. The maximum absolute atomic E-state index is 9.59. The molecule has 0 aromatic heterocycles. The molecule has 82 valence electrons. The summed E-state index contributed by atoms with van der Waals surface area (Å²) in [6.07, 6.45) is -4.98. The molecule has 2 fully saturated rings. The van der Waals surface area contributed by atoms with Gasteiger partial charge in [-0.25, -0.2) is 0 Å². The van der Waals surface area contributed by atoms with Crippen molar-refractivity contribution in [1.29, 1.82) is 0 Å². The molecule has 0 aliphatic carbocycles. The summed E-state index contributed by atoms with van der Waals surface area (Å²) in [6, 6.07) is 0. The van der Waals surface area contributed by atoms with Crippen LogP contribution >= 0.6 is 0 Å². The standard InChI is InChI=1S/C8H14O6/c9-2-4-6(11)7(12)8-3(13-4)1-5(10)14-8/h3-12H,1-2H2/t3-,4-,5?,6+,7-,8-/m1/s1. The Balaban J connectivity index is 2.09. The van der Waals surface area contributed by atoms with E-state index in [1.54, 1.807) is 0 Å². The minimum atomic E-state index is -1.17. The fourth-order valence-electron chi connectivity index (χ4n) is 1.96. The Morgan fingerprint density at radius 2 is 1.79 bits per heavy atom. The average Bonchev–Trinajstić information content (AvgIpc) is 2.52. The van der Waals surface area contributed by atoms with Crippen molar-refractivity contribution >= 4 is 0 Å². The van der Waals surface area contributed by atoms with Gasteiger partial charge in [-0.2, -0.15) is 0 Å². The zero-order valence-electron chi connectivity index (χ0n) is 7.48. The Hall–Kier alpha value is -0.240. The molecule has 4 N–H and O–H groups in total. The van der Waals surface area contributed by atoms with Crippen molar-refractivity contribution in [2.75, 3.05) is 6.61 Å². The highest BCUT2D eigenvalue weighted by molar-refractivity contribution is 4.96. The second-order valence-corrected chi connectivity index (χ2v) is 3.67. The molecule has 0 radical (unpaired) electrons. The van der Waals surface area contributed by atoms with Gasteiger partial charge in [0.1, 0.15) is 24.4 Å². The predicted molar refractivity (Wildman–Crippen MR) is 43.3 cm³/mol. The molecule has 0 spiro atoms. The van der Waals surface area contributed by atoms with Crippen molar-refractivity contribution in [3.05, 3.63) is 0 Å². The molecule has 6 atom stereocenters. The van der Waals surface area contributed by atoms with E-state index in [2.05, 4.69) is 0 Å². The van der Waals surface area contributed by atoms with Crippen LogP contribution in [0, 0.1) is 0 Å². The van der Waals surface area contributed by atoms with Gasteiger partial charge in [-0.1, -0.05) is 0 Å². The van der Waals surface area contributed by atoms with Crippen LogP contribution in [0.3, 0.4) is 0 Å². The number of fused-ring (bicyclic) bond motifs is 1. The third-order valence-corrected chi connectivity index (χ3v) is 2.71. The summed E-state index contributed by atoms with van der Waals surface area (Å²) < 4.78 is 10.2. The van der Waals surface area contributed by atoms with Crippen LogP contribution in [0.4, 0.5) is 0 Å². The quantitative estimate of drug-likeness (QED) is 0.381. The summed E-state index contributed by atoms with van der Waals surface area (Å²) in [4.78, 5) is 0. The Morgan fingerprint density at radius 3 is 2.43 bits per heavy atom. The molecular formula is C8H14O6. The van der Waals surface area contributed by atoms with Crippen LogP contribution in [0.5, 0.6) is 0 Å². The second kappa shape index (κ2) is 3.73. The molecule has 0 saturated carbocycles. The SMILES string of the molecule is OC[C@H]1O[C@@H]2CC(O)O[C@H]2[C@H](O)[C@H]1O. The van der Waals surface area contributed by atoms with E-state index in [9.17, 15) is 10.2 Å². The Labute approximate surface area is 80.7 Å². The number of hydrogen-bond acceptors (Lipinski definition) is 6. The van der Waals surface area contributed by atoms with Gasteiger partial charge in [0.15, 0.2) is 6.29 Å². The van der Waals surface area contributed by atoms with Gasteiger partial charge in [-0.05, 0) is 0 Å². The smallest absolute Gasteiger partial charge is 0.157 e. The number of ether oxygens (including phenoxy) is 2. The minimum Gasteiger partial charge on any atom is -0.394 e. The Kier molecular flexibility index (Phi) is 2.74. The Bertz CT molecular complexity index is 208. The predicted octanol–water partition coefficient (Wildman–Crippen LogP) is -2.42. The topological polar surface area (TPSA) is 99.4 Å². The highest BCUT2D eigenvalue weighted by Crippen LogP contribution is 2.32. The zero-order valence-corrected chi connectivity index (χ0v) is 7.48. The molecule has 6 nitrogen and oxygen atoms in total. The number of rotatable bonds is 1. The van der Waals surface area contributed by atoms with Gasteiger partial charge in [0.25, 0.3) is 0 Å². The van der Waals surface area contributed by atoms with E-state index in [0.29, 0.717) is 0 Å². The zero-order chi connectivity index (χ0) is 10.3. The van der Waals surface area contributed by atoms with E-state index in [4.69, 9.17) is 19.7 Å². The summed E-state index contributed by atoms with van der Waals surface area (Å²) in [5.74, 6) is 0. The van der Waals surface area contributed by atoms with Crippen LogP contribution in [-0.2, 0) is 9.47 Å². The largest absolute Gasteiger partial charge is 0.394 e. The lowest BCUT2D eigenvalue weighted by Gasteiger charge is -2.38. The lowest BCUT2D eigenvalue weighted by molar-refractivity contribution is -0.226. The number of aliphatic hydroxyl groups is 4. The van der Waals surface area contributed by atoms with Gasteiger partial charge in [-0.15, -0.1) is 0 Å². The van der Waals surface area contributed by atoms with Crippen LogP contribution in [0.1, 0.15) is 6.42 Å². The van der Waals surface area contributed by atoms with Crippen molar-refractivity contribution in [2.45, 2.75) is 43.2 Å². The normalized spacial score (nSPS) is 53.1. The van der Waals surface area contributed by atoms with Gasteiger partial charge in [-0.3, -0.25) is 0 Å². The van der Waals surface area contributed by atoms with Crippen LogP contribution < -0.4 is 0 Å². The van der Waals surface area contributed by atoms with Crippen LogP contribution in [0.2, 0.25) is 0 Å². The molecule has 0 bridgehead atoms. The average molecular weight is 206 g/mol. The first-order valence-corrected chi connectivity index (χ1v) is 4.59. The summed E-state index contributed by atoms with van der Waals surface area (Å²) in [5.41, 5.74) is 0. The molecule has 14 heavy (non-hydrogen) atoms. The third kappa shape index (κ3) is 1.54. The molecule has 0 aromatic rings. The monoisotopic (exact) mass is 206 g/mol. The molecule has 2 aliphatic heterocycles. The van der Waals surface area contributed by atoms with E-state index in [0.717, 1.165) is 0 Å². The molecule has 0 aromatic carbocycles. The highest BCUT2D eigenvalue weighted by Gasteiger charge is 2.49. The molecule has 1 unspecified atom stereocenters. The molecule has 2 heterocycles. The van der Waals surface area contributed by atoms with Gasteiger partial charge >= 0.3 is 0 Å². The first kappa shape index (κ1) is 10.3. The lowest BCUT2D eigenvalue weighted by Crippen LogP contribution is -2.57. The van der Waals surface area contributed by atoms with Crippen molar-refractivity contribution < 1.29 is 29.9 Å². The fraction of sp³-hybridized carbons (Fsp3) is 1.00. The summed E-state index contributed by atoms with van der Waals surface area (Å²) in [5, 5.41) is 37.1. The summed E-state index contributed by atoms with van der Waals surface area (Å²) >= 11 is 0. The van der Waals surface area contributed by atoms with Gasteiger partial charge in [0.05, 0.1) is 12.7 Å². The van der Waals surface area contributed by atoms with Crippen molar-refractivity contribution in [2.24, 2.45) is 0 Å². The van der Waals surface area contributed by atoms with E-state index < -0.39 is 36.8 Å². The number of hydrogen-bond donors (Lipinski definition) is 4. The van der Waals surface area contributed by atoms with Crippen LogP contribution in [0.15, 0.2) is 0 Å². The fourth-order valence-corrected chi connectivity index (χ4v) is 1.96. The van der Waals surface area contributed by atoms with Crippen LogP contribution in [0.25, 0.3) is 0 Å². The van der Waals surface area contributed by atoms with E-state index in [-0.39, 0.29) is 13.0 Å². The lowest BCUT2D eigenvalue weighted by atomic mass is 9.95. The number of aliphatic hydroxyl groups excluding tert-OH is 4. The highest BCUT2D eigenvalue weighted by atomic mass is 16.7. The van der Waals surface area contributed by atoms with Crippen molar-refractivity contribution in [1.82, 2.24) is 0 Å². The van der Waals surface area contributed by atoms with Crippen molar-refractivity contribution in [3.8, 4) is 0 Å². The summed E-state index contributed by atoms with van der Waals surface area (Å²) in [6.45, 7) is -0.364. The maximum atomic E-state index is 9.59. The first-order valence-electron chi connectivity index (χ1n) is 4.59. The molecular weight excluding hydrogens is 192 g/mol. The van der Waals surface area contributed by atoms with E-state index >= 15 is 0 Å². The van der Waals surface area contributed by atoms with Crippen LogP contribution in [-0.4, -0.2) is 63.8 Å². The van der Waals surface area contributed by atoms with E-state index in [1.807, 2.05) is 0 Å². The minimum absolute atomic E-state index is 0.255. The van der Waals surface area contributed by atoms with E-state index in [1.165, 1.54) is 0 Å². The van der Waals surface area contributed by atoms with Gasteiger partial charge < -0.3 is 29.9 Å². The molecule has 6 heteroatoms. The first-order chi connectivity index (χ1) is 6.63. The van der Waals surface area contributed by atoms with Crippen molar-refractivity contribution in [3.63, 3.8) is 0 Å². The Morgan fingerprint density at radius 1 is 1.07 bits per heavy atom. The molecule has 2 saturated heterocycles. The molecule has 0 amide bonds. The summed E-state index contributed by atoms with van der Waals surface area (Å²) in [7, 11) is 0. The third-order valence-electron chi connectivity index (χ3n) is 2.71. The molecule has 2 aliphatic rings. The second-order valence-electron chi connectivity index (χ2n) is 3.67. The molecule has 2 rings (SSSR count).